The third kappa shape index (κ3) is 6.17. The Hall–Kier alpha value is -4.13. The van der Waals surface area contributed by atoms with E-state index >= 15 is 0 Å². The zero-order valence-corrected chi connectivity index (χ0v) is 17.3. The van der Waals surface area contributed by atoms with Crippen LogP contribution >= 0.6 is 0 Å². The zero-order valence-electron chi connectivity index (χ0n) is 17.3. The summed E-state index contributed by atoms with van der Waals surface area (Å²) in [5.41, 5.74) is 7.12. The molecule has 0 aliphatic rings. The number of urea groups is 1. The average Bonchev–Trinajstić information content (AvgIpc) is 2.76. The first-order chi connectivity index (χ1) is 14.9. The van der Waals surface area contributed by atoms with Crippen molar-refractivity contribution in [3.8, 4) is 5.75 Å². The van der Waals surface area contributed by atoms with Gasteiger partial charge in [-0.1, -0.05) is 30.3 Å². The second-order valence-corrected chi connectivity index (χ2v) is 6.95. The molecule has 0 bridgehead atoms. The summed E-state index contributed by atoms with van der Waals surface area (Å²) in [5, 5.41) is 15.7. The number of amides is 2. The number of carboxylic acid groups (broad SMARTS) is 1. The molecule has 0 saturated heterocycles. The number of anilines is 1. The lowest BCUT2D eigenvalue weighted by Gasteiger charge is -2.09. The highest BCUT2D eigenvalue weighted by Gasteiger charge is 2.05. The van der Waals surface area contributed by atoms with Gasteiger partial charge >= 0.3 is 12.0 Å². The fraction of sp³-hybridized carbons (Fsp3) is 0.125. The van der Waals surface area contributed by atoms with Gasteiger partial charge in [-0.15, -0.1) is 0 Å². The molecule has 0 spiro atoms. The summed E-state index contributed by atoms with van der Waals surface area (Å²) in [7, 11) is 0. The zero-order chi connectivity index (χ0) is 22.2. The molecular formula is C24H23N3O4. The SMILES string of the molecule is Cc1ccc(NC(=O)N/N=C/c2ccccc2OCc2ccc(C(=O)O)cc2)cc1C. The van der Waals surface area contributed by atoms with Crippen molar-refractivity contribution >= 4 is 23.9 Å². The van der Waals surface area contributed by atoms with E-state index in [0.29, 0.717) is 17.0 Å². The highest BCUT2D eigenvalue weighted by Crippen LogP contribution is 2.18. The van der Waals surface area contributed by atoms with E-state index in [1.807, 2.05) is 50.2 Å². The number of rotatable bonds is 7. The predicted molar refractivity (Wildman–Crippen MR) is 120 cm³/mol. The van der Waals surface area contributed by atoms with Crippen LogP contribution in [0.1, 0.15) is 32.6 Å². The van der Waals surface area contributed by atoms with E-state index in [1.165, 1.54) is 18.3 Å². The molecule has 3 aromatic rings. The molecule has 0 radical (unpaired) electrons. The van der Waals surface area contributed by atoms with Gasteiger partial charge in [0, 0.05) is 11.3 Å². The molecule has 3 aromatic carbocycles. The minimum absolute atomic E-state index is 0.224. The average molecular weight is 417 g/mol. The van der Waals surface area contributed by atoms with Gasteiger partial charge in [0.15, 0.2) is 0 Å². The number of aromatic carboxylic acids is 1. The van der Waals surface area contributed by atoms with Crippen LogP contribution in [0.4, 0.5) is 10.5 Å². The molecule has 0 unspecified atom stereocenters. The number of carboxylic acids is 1. The van der Waals surface area contributed by atoms with Gasteiger partial charge in [-0.3, -0.25) is 0 Å². The largest absolute Gasteiger partial charge is 0.488 e. The Morgan fingerprint density at radius 2 is 1.74 bits per heavy atom. The maximum atomic E-state index is 12.1. The number of carbonyl (C=O) groups is 2. The third-order valence-electron chi connectivity index (χ3n) is 4.65. The van der Waals surface area contributed by atoms with Crippen LogP contribution in [0, 0.1) is 13.8 Å². The lowest BCUT2D eigenvalue weighted by molar-refractivity contribution is 0.0696. The van der Waals surface area contributed by atoms with Crippen molar-refractivity contribution in [1.82, 2.24) is 5.43 Å². The first kappa shape index (κ1) is 21.6. The first-order valence-corrected chi connectivity index (χ1v) is 9.64. The standard InChI is InChI=1S/C24H23N3O4/c1-16-7-12-21(13-17(16)2)26-24(30)27-25-14-20-5-3-4-6-22(20)31-15-18-8-10-19(11-9-18)23(28)29/h3-14H,15H2,1-2H3,(H,28,29)(H2,26,27,30)/b25-14+. The topological polar surface area (TPSA) is 100 Å². The van der Waals surface area contributed by atoms with E-state index in [0.717, 1.165) is 16.7 Å². The molecule has 0 aromatic heterocycles. The minimum atomic E-state index is -0.969. The lowest BCUT2D eigenvalue weighted by atomic mass is 10.1. The van der Waals surface area contributed by atoms with Gasteiger partial charge in [-0.2, -0.15) is 5.10 Å². The number of benzene rings is 3. The summed E-state index contributed by atoms with van der Waals surface area (Å²) in [5.74, 6) is -0.381. The summed E-state index contributed by atoms with van der Waals surface area (Å²) >= 11 is 0. The number of aryl methyl sites for hydroxylation is 2. The van der Waals surface area contributed by atoms with E-state index in [2.05, 4.69) is 15.8 Å². The first-order valence-electron chi connectivity index (χ1n) is 9.64. The predicted octanol–water partition coefficient (Wildman–Crippen LogP) is 4.74. The normalized spacial score (nSPS) is 10.6. The summed E-state index contributed by atoms with van der Waals surface area (Å²) in [6.45, 7) is 4.26. The van der Waals surface area contributed by atoms with E-state index < -0.39 is 12.0 Å². The van der Waals surface area contributed by atoms with Crippen molar-refractivity contribution in [2.45, 2.75) is 20.5 Å². The monoisotopic (exact) mass is 417 g/mol. The molecular weight excluding hydrogens is 394 g/mol. The maximum absolute atomic E-state index is 12.1. The molecule has 7 nitrogen and oxygen atoms in total. The van der Waals surface area contributed by atoms with E-state index in [4.69, 9.17) is 9.84 Å². The fourth-order valence-corrected chi connectivity index (χ4v) is 2.76. The summed E-state index contributed by atoms with van der Waals surface area (Å²) in [4.78, 5) is 23.0. The molecule has 31 heavy (non-hydrogen) atoms. The van der Waals surface area contributed by atoms with Gasteiger partial charge < -0.3 is 15.2 Å². The lowest BCUT2D eigenvalue weighted by Crippen LogP contribution is -2.24. The van der Waals surface area contributed by atoms with Crippen LogP contribution in [0.2, 0.25) is 0 Å². The summed E-state index contributed by atoms with van der Waals surface area (Å²) < 4.78 is 5.83. The molecule has 0 atom stereocenters. The Balaban J connectivity index is 1.57. The van der Waals surface area contributed by atoms with E-state index in [9.17, 15) is 9.59 Å². The number of carbonyl (C=O) groups excluding carboxylic acids is 1. The molecule has 0 fully saturated rings. The van der Waals surface area contributed by atoms with Crippen LogP contribution in [0.15, 0.2) is 71.8 Å². The van der Waals surface area contributed by atoms with Crippen molar-refractivity contribution in [3.05, 3.63) is 94.5 Å². The molecule has 3 N–H and O–H groups in total. The Morgan fingerprint density at radius 3 is 2.45 bits per heavy atom. The van der Waals surface area contributed by atoms with Crippen molar-refractivity contribution in [2.24, 2.45) is 5.10 Å². The Bertz CT molecular complexity index is 1110. The van der Waals surface area contributed by atoms with E-state index in [-0.39, 0.29) is 12.2 Å². The number of nitrogens with zero attached hydrogens (tertiary/aromatic N) is 1. The second kappa shape index (κ2) is 10.1. The van der Waals surface area contributed by atoms with Crippen LogP contribution in [-0.2, 0) is 6.61 Å². The highest BCUT2D eigenvalue weighted by molar-refractivity contribution is 5.91. The van der Waals surface area contributed by atoms with Gasteiger partial charge in [-0.05, 0) is 66.9 Å². The molecule has 158 valence electrons. The van der Waals surface area contributed by atoms with Crippen LogP contribution in [0.3, 0.4) is 0 Å². The van der Waals surface area contributed by atoms with Crippen molar-refractivity contribution in [2.75, 3.05) is 5.32 Å². The van der Waals surface area contributed by atoms with Crippen molar-refractivity contribution < 1.29 is 19.4 Å². The van der Waals surface area contributed by atoms with Crippen molar-refractivity contribution in [1.29, 1.82) is 0 Å². The Labute approximate surface area is 180 Å². The van der Waals surface area contributed by atoms with Gasteiger partial charge in [0.2, 0.25) is 0 Å². The fourth-order valence-electron chi connectivity index (χ4n) is 2.76. The molecule has 7 heteroatoms. The smallest absolute Gasteiger partial charge is 0.339 e. The number of hydrazone groups is 1. The third-order valence-corrected chi connectivity index (χ3v) is 4.65. The molecule has 0 aliphatic heterocycles. The van der Waals surface area contributed by atoms with Gasteiger partial charge in [0.1, 0.15) is 12.4 Å². The quantitative estimate of drug-likeness (QED) is 0.382. The summed E-state index contributed by atoms with van der Waals surface area (Å²) in [6, 6.07) is 19.0. The number of nitrogens with one attached hydrogen (secondary N) is 2. The van der Waals surface area contributed by atoms with Crippen LogP contribution in [0.25, 0.3) is 0 Å². The number of para-hydroxylation sites is 1. The number of hydrogen-bond donors (Lipinski definition) is 3. The van der Waals surface area contributed by atoms with Crippen LogP contribution in [0.5, 0.6) is 5.75 Å². The molecule has 3 rings (SSSR count). The molecule has 0 aliphatic carbocycles. The number of ether oxygens (including phenoxy) is 1. The number of hydrogen-bond acceptors (Lipinski definition) is 4. The molecule has 0 heterocycles. The van der Waals surface area contributed by atoms with Gasteiger partial charge in [-0.25, -0.2) is 15.0 Å². The second-order valence-electron chi connectivity index (χ2n) is 6.95. The Kier molecular flexibility index (Phi) is 7.01. The van der Waals surface area contributed by atoms with Gasteiger partial charge in [0.05, 0.1) is 11.8 Å². The van der Waals surface area contributed by atoms with Crippen molar-refractivity contribution in [3.63, 3.8) is 0 Å². The van der Waals surface area contributed by atoms with Crippen LogP contribution < -0.4 is 15.5 Å². The maximum Gasteiger partial charge on any atom is 0.339 e. The van der Waals surface area contributed by atoms with Gasteiger partial charge in [0.25, 0.3) is 0 Å². The Morgan fingerprint density at radius 1 is 1.00 bits per heavy atom. The minimum Gasteiger partial charge on any atom is -0.488 e. The van der Waals surface area contributed by atoms with Crippen LogP contribution in [-0.4, -0.2) is 23.3 Å². The molecule has 2 amide bonds. The molecule has 0 saturated carbocycles. The highest BCUT2D eigenvalue weighted by atomic mass is 16.5. The van der Waals surface area contributed by atoms with E-state index in [1.54, 1.807) is 18.2 Å². The summed E-state index contributed by atoms with van der Waals surface area (Å²) in [6.07, 6.45) is 1.50.